The lowest BCUT2D eigenvalue weighted by Gasteiger charge is -2.17. The zero-order valence-electron chi connectivity index (χ0n) is 8.66. The third-order valence-corrected chi connectivity index (χ3v) is 2.95. The fourth-order valence-electron chi connectivity index (χ4n) is 1.23. The molecule has 1 heterocycles. The summed E-state index contributed by atoms with van der Waals surface area (Å²) in [5, 5.41) is 12.7. The lowest BCUT2D eigenvalue weighted by molar-refractivity contribution is 0.850. The van der Waals surface area contributed by atoms with Crippen LogP contribution in [0, 0.1) is 11.3 Å². The molecule has 4 nitrogen and oxygen atoms in total. The van der Waals surface area contributed by atoms with E-state index in [4.69, 9.17) is 5.26 Å². The predicted molar refractivity (Wildman–Crippen MR) is 59.9 cm³/mol. The molecule has 0 aliphatic rings. The molecule has 0 aliphatic heterocycles. The number of hydrogen-bond acceptors (Lipinski definition) is 5. The Kier molecular flexibility index (Phi) is 3.72. The second-order valence-corrected chi connectivity index (χ2v) is 3.70. The van der Waals surface area contributed by atoms with Gasteiger partial charge in [-0.25, -0.2) is 4.98 Å². The van der Waals surface area contributed by atoms with E-state index in [0.717, 1.165) is 24.0 Å². The van der Waals surface area contributed by atoms with E-state index in [1.807, 2.05) is 7.05 Å². The minimum absolute atomic E-state index is 0.679. The van der Waals surface area contributed by atoms with Crippen molar-refractivity contribution in [1.82, 2.24) is 4.98 Å². The standard InChI is InChI=1S/C9H14N4S/c1-4-13(5-2)8-7(6-10)14-9(11-3)12-8/h4-5H2,1-3H3,(H,11,12). The molecule has 0 radical (unpaired) electrons. The van der Waals surface area contributed by atoms with E-state index in [1.54, 1.807) is 0 Å². The minimum Gasteiger partial charge on any atom is -0.364 e. The van der Waals surface area contributed by atoms with E-state index in [1.165, 1.54) is 11.3 Å². The van der Waals surface area contributed by atoms with Crippen LogP contribution in [0.25, 0.3) is 0 Å². The zero-order valence-corrected chi connectivity index (χ0v) is 9.48. The quantitative estimate of drug-likeness (QED) is 0.824. The van der Waals surface area contributed by atoms with Crippen molar-refractivity contribution in [2.75, 3.05) is 30.4 Å². The second kappa shape index (κ2) is 4.82. The third kappa shape index (κ3) is 1.96. The average molecular weight is 210 g/mol. The molecule has 1 N–H and O–H groups in total. The van der Waals surface area contributed by atoms with Gasteiger partial charge in [0.25, 0.3) is 0 Å². The van der Waals surface area contributed by atoms with Crippen molar-refractivity contribution in [3.05, 3.63) is 4.88 Å². The van der Waals surface area contributed by atoms with Gasteiger partial charge >= 0.3 is 0 Å². The molecule has 0 aromatic carbocycles. The third-order valence-electron chi connectivity index (χ3n) is 1.99. The highest BCUT2D eigenvalue weighted by Crippen LogP contribution is 2.28. The maximum Gasteiger partial charge on any atom is 0.185 e. The van der Waals surface area contributed by atoms with E-state index in [9.17, 15) is 0 Å². The van der Waals surface area contributed by atoms with Crippen molar-refractivity contribution in [2.24, 2.45) is 0 Å². The Morgan fingerprint density at radius 3 is 2.57 bits per heavy atom. The molecule has 0 amide bonds. The van der Waals surface area contributed by atoms with E-state index < -0.39 is 0 Å². The monoisotopic (exact) mass is 210 g/mol. The topological polar surface area (TPSA) is 52.0 Å². The molecule has 0 spiro atoms. The Bertz CT molecular complexity index is 335. The Morgan fingerprint density at radius 2 is 2.14 bits per heavy atom. The van der Waals surface area contributed by atoms with Gasteiger partial charge in [0.1, 0.15) is 6.07 Å². The number of rotatable bonds is 4. The molecule has 1 aromatic rings. The molecular weight excluding hydrogens is 196 g/mol. The van der Waals surface area contributed by atoms with Crippen LogP contribution in [0.5, 0.6) is 0 Å². The molecule has 76 valence electrons. The summed E-state index contributed by atoms with van der Waals surface area (Å²) in [4.78, 5) is 7.11. The number of nitrogens with one attached hydrogen (secondary N) is 1. The highest BCUT2D eigenvalue weighted by Gasteiger charge is 2.14. The van der Waals surface area contributed by atoms with Crippen LogP contribution in [-0.4, -0.2) is 25.1 Å². The van der Waals surface area contributed by atoms with Crippen molar-refractivity contribution < 1.29 is 0 Å². The SMILES string of the molecule is CCN(CC)c1nc(NC)sc1C#N. The van der Waals surface area contributed by atoms with Crippen LogP contribution >= 0.6 is 11.3 Å². The van der Waals surface area contributed by atoms with Crippen molar-refractivity contribution in [3.8, 4) is 6.07 Å². The number of hydrogen-bond donors (Lipinski definition) is 1. The summed E-state index contributed by atoms with van der Waals surface area (Å²) in [5.41, 5.74) is 0. The maximum absolute atomic E-state index is 8.93. The van der Waals surface area contributed by atoms with Crippen molar-refractivity contribution in [2.45, 2.75) is 13.8 Å². The van der Waals surface area contributed by atoms with Crippen LogP contribution in [0.15, 0.2) is 0 Å². The van der Waals surface area contributed by atoms with Crippen molar-refractivity contribution in [3.63, 3.8) is 0 Å². The van der Waals surface area contributed by atoms with Crippen LogP contribution in [0.1, 0.15) is 18.7 Å². The van der Waals surface area contributed by atoms with Crippen LogP contribution in [-0.2, 0) is 0 Å². The Hall–Kier alpha value is -1.28. The normalized spacial score (nSPS) is 9.57. The van der Waals surface area contributed by atoms with E-state index in [0.29, 0.717) is 4.88 Å². The summed E-state index contributed by atoms with van der Waals surface area (Å²) in [6.07, 6.45) is 0. The molecule has 5 heteroatoms. The predicted octanol–water partition coefficient (Wildman–Crippen LogP) is 1.90. The van der Waals surface area contributed by atoms with Crippen molar-refractivity contribution in [1.29, 1.82) is 5.26 Å². The summed E-state index contributed by atoms with van der Waals surface area (Å²) < 4.78 is 0. The van der Waals surface area contributed by atoms with Crippen LogP contribution in [0.4, 0.5) is 10.9 Å². The van der Waals surface area contributed by atoms with Gasteiger partial charge in [0.15, 0.2) is 15.8 Å². The minimum atomic E-state index is 0.679. The number of nitrogens with zero attached hydrogens (tertiary/aromatic N) is 3. The Balaban J connectivity index is 3.06. The first-order valence-electron chi connectivity index (χ1n) is 4.60. The molecule has 0 bridgehead atoms. The number of aromatic nitrogens is 1. The molecule has 1 rings (SSSR count). The van der Waals surface area contributed by atoms with Crippen LogP contribution < -0.4 is 10.2 Å². The van der Waals surface area contributed by atoms with Crippen LogP contribution in [0.2, 0.25) is 0 Å². The number of anilines is 2. The fourth-order valence-corrected chi connectivity index (χ4v) is 1.97. The molecular formula is C9H14N4S. The average Bonchev–Trinajstić information content (AvgIpc) is 2.63. The smallest absolute Gasteiger partial charge is 0.185 e. The number of thiazole rings is 1. The summed E-state index contributed by atoms with van der Waals surface area (Å²) in [5.74, 6) is 0.798. The van der Waals surface area contributed by atoms with Gasteiger partial charge in [0.05, 0.1) is 0 Å². The summed E-state index contributed by atoms with van der Waals surface area (Å²) >= 11 is 1.39. The fraction of sp³-hybridized carbons (Fsp3) is 0.556. The zero-order chi connectivity index (χ0) is 10.6. The first-order valence-corrected chi connectivity index (χ1v) is 5.42. The lowest BCUT2D eigenvalue weighted by atomic mass is 10.4. The summed E-state index contributed by atoms with van der Waals surface area (Å²) in [6, 6.07) is 2.17. The van der Waals surface area contributed by atoms with Gasteiger partial charge in [0, 0.05) is 20.1 Å². The van der Waals surface area contributed by atoms with E-state index in [2.05, 4.69) is 35.1 Å². The van der Waals surface area contributed by atoms with E-state index >= 15 is 0 Å². The van der Waals surface area contributed by atoms with Gasteiger partial charge in [-0.15, -0.1) is 0 Å². The number of nitriles is 1. The molecule has 0 atom stereocenters. The summed E-state index contributed by atoms with van der Waals surface area (Å²) in [6.45, 7) is 5.86. The van der Waals surface area contributed by atoms with Gasteiger partial charge in [-0.1, -0.05) is 11.3 Å². The van der Waals surface area contributed by atoms with Gasteiger partial charge < -0.3 is 10.2 Å². The first-order chi connectivity index (χ1) is 6.76. The molecule has 0 fully saturated rings. The molecule has 0 unspecified atom stereocenters. The maximum atomic E-state index is 8.93. The largest absolute Gasteiger partial charge is 0.364 e. The molecule has 0 saturated heterocycles. The molecule has 14 heavy (non-hydrogen) atoms. The Labute approximate surface area is 88.2 Å². The molecule has 1 aromatic heterocycles. The highest BCUT2D eigenvalue weighted by molar-refractivity contribution is 7.16. The van der Waals surface area contributed by atoms with Gasteiger partial charge in [0.2, 0.25) is 0 Å². The first kappa shape index (κ1) is 10.8. The van der Waals surface area contributed by atoms with Crippen molar-refractivity contribution >= 4 is 22.3 Å². The van der Waals surface area contributed by atoms with Crippen LogP contribution in [0.3, 0.4) is 0 Å². The van der Waals surface area contributed by atoms with E-state index in [-0.39, 0.29) is 0 Å². The van der Waals surface area contributed by atoms with Gasteiger partial charge in [-0.3, -0.25) is 0 Å². The second-order valence-electron chi connectivity index (χ2n) is 2.71. The van der Waals surface area contributed by atoms with Gasteiger partial charge in [-0.2, -0.15) is 5.26 Å². The Morgan fingerprint density at radius 1 is 1.50 bits per heavy atom. The molecule has 0 aliphatic carbocycles. The lowest BCUT2D eigenvalue weighted by Crippen LogP contribution is -2.22. The van der Waals surface area contributed by atoms with Gasteiger partial charge in [-0.05, 0) is 13.8 Å². The highest BCUT2D eigenvalue weighted by atomic mass is 32.1. The molecule has 0 saturated carbocycles. The summed E-state index contributed by atoms with van der Waals surface area (Å²) in [7, 11) is 1.81.